The van der Waals surface area contributed by atoms with Crippen molar-refractivity contribution in [2.75, 3.05) is 18.5 Å². The van der Waals surface area contributed by atoms with E-state index in [0.29, 0.717) is 13.2 Å². The van der Waals surface area contributed by atoms with Gasteiger partial charge in [-0.1, -0.05) is 35.9 Å². The van der Waals surface area contributed by atoms with Crippen molar-refractivity contribution in [3.05, 3.63) is 59.7 Å². The normalized spacial score (nSPS) is 11.9. The first-order chi connectivity index (χ1) is 9.74. The van der Waals surface area contributed by atoms with Gasteiger partial charge in [0.05, 0.1) is 12.6 Å². The van der Waals surface area contributed by atoms with Gasteiger partial charge >= 0.3 is 0 Å². The number of nitrogens with two attached hydrogens (primary N) is 1. The number of rotatable bonds is 6. The summed E-state index contributed by atoms with van der Waals surface area (Å²) in [6, 6.07) is 16.4. The summed E-state index contributed by atoms with van der Waals surface area (Å²) in [6.45, 7) is 5.23. The number of anilines is 1. The number of hydrogen-bond acceptors (Lipinski definition) is 3. The predicted molar refractivity (Wildman–Crippen MR) is 84.2 cm³/mol. The van der Waals surface area contributed by atoms with Crippen LogP contribution in [0, 0.1) is 6.92 Å². The molecule has 0 bridgehead atoms. The Morgan fingerprint density at radius 3 is 2.45 bits per heavy atom. The summed E-state index contributed by atoms with van der Waals surface area (Å²) in [4.78, 5) is 0. The Bertz CT molecular complexity index is 537. The van der Waals surface area contributed by atoms with Gasteiger partial charge in [-0.3, -0.25) is 0 Å². The third-order valence-corrected chi connectivity index (χ3v) is 3.22. The van der Waals surface area contributed by atoms with Crippen LogP contribution in [-0.2, 0) is 0 Å². The van der Waals surface area contributed by atoms with Crippen molar-refractivity contribution >= 4 is 5.69 Å². The van der Waals surface area contributed by atoms with Crippen LogP contribution < -0.4 is 15.8 Å². The second-order valence-electron chi connectivity index (χ2n) is 4.77. The minimum absolute atomic E-state index is 0.0421. The molecule has 0 aliphatic heterocycles. The first-order valence-corrected chi connectivity index (χ1v) is 6.99. The number of hydrogen-bond donors (Lipinski definition) is 2. The number of ether oxygens (including phenoxy) is 1. The molecular weight excluding hydrogens is 248 g/mol. The lowest BCUT2D eigenvalue weighted by molar-refractivity contribution is 0.335. The topological polar surface area (TPSA) is 47.3 Å². The molecule has 20 heavy (non-hydrogen) atoms. The summed E-state index contributed by atoms with van der Waals surface area (Å²) in [5, 5.41) is 3.47. The molecule has 1 atom stereocenters. The number of para-hydroxylation sites is 1. The van der Waals surface area contributed by atoms with Gasteiger partial charge in [0.1, 0.15) is 5.75 Å². The molecule has 0 spiro atoms. The second kappa shape index (κ2) is 6.96. The third kappa shape index (κ3) is 3.52. The van der Waals surface area contributed by atoms with E-state index in [1.165, 1.54) is 5.56 Å². The largest absolute Gasteiger partial charge is 0.494 e. The summed E-state index contributed by atoms with van der Waals surface area (Å²) >= 11 is 0. The number of aryl methyl sites for hydroxylation is 1. The smallest absolute Gasteiger partial charge is 0.124 e. The zero-order valence-corrected chi connectivity index (χ0v) is 12.1. The Morgan fingerprint density at radius 1 is 1.10 bits per heavy atom. The van der Waals surface area contributed by atoms with Gasteiger partial charge in [-0.05, 0) is 32.0 Å². The Morgan fingerprint density at radius 2 is 1.80 bits per heavy atom. The van der Waals surface area contributed by atoms with Crippen LogP contribution in [0.2, 0.25) is 0 Å². The van der Waals surface area contributed by atoms with E-state index in [9.17, 15) is 0 Å². The van der Waals surface area contributed by atoms with E-state index in [1.807, 2.05) is 25.1 Å². The molecular formula is C17H22N2O. The molecule has 0 aliphatic rings. The van der Waals surface area contributed by atoms with Crippen LogP contribution in [0.4, 0.5) is 5.69 Å². The van der Waals surface area contributed by atoms with E-state index in [1.54, 1.807) is 0 Å². The van der Waals surface area contributed by atoms with Crippen molar-refractivity contribution in [1.82, 2.24) is 0 Å². The summed E-state index contributed by atoms with van der Waals surface area (Å²) in [5.41, 5.74) is 9.34. The molecule has 106 valence electrons. The van der Waals surface area contributed by atoms with Crippen molar-refractivity contribution in [3.8, 4) is 5.75 Å². The highest BCUT2D eigenvalue weighted by Gasteiger charge is 2.14. The molecule has 0 fully saturated rings. The molecule has 2 aromatic rings. The van der Waals surface area contributed by atoms with E-state index in [0.717, 1.165) is 17.0 Å². The molecule has 2 aromatic carbocycles. The minimum atomic E-state index is 0.0421. The molecule has 0 radical (unpaired) electrons. The quantitative estimate of drug-likeness (QED) is 0.844. The van der Waals surface area contributed by atoms with E-state index >= 15 is 0 Å². The van der Waals surface area contributed by atoms with Gasteiger partial charge < -0.3 is 15.8 Å². The van der Waals surface area contributed by atoms with Gasteiger partial charge in [-0.15, -0.1) is 0 Å². The maximum absolute atomic E-state index is 5.93. The average Bonchev–Trinajstić information content (AvgIpc) is 2.48. The molecule has 2 rings (SSSR count). The van der Waals surface area contributed by atoms with Crippen LogP contribution >= 0.6 is 0 Å². The zero-order chi connectivity index (χ0) is 14.4. The van der Waals surface area contributed by atoms with Crippen LogP contribution in [0.25, 0.3) is 0 Å². The van der Waals surface area contributed by atoms with E-state index < -0.39 is 0 Å². The van der Waals surface area contributed by atoms with Gasteiger partial charge in [-0.25, -0.2) is 0 Å². The van der Waals surface area contributed by atoms with Gasteiger partial charge in [0.15, 0.2) is 0 Å². The van der Waals surface area contributed by atoms with Crippen LogP contribution in [-0.4, -0.2) is 13.2 Å². The number of benzene rings is 2. The second-order valence-corrected chi connectivity index (χ2v) is 4.77. The first kappa shape index (κ1) is 14.4. The highest BCUT2D eigenvalue weighted by atomic mass is 16.5. The highest BCUT2D eigenvalue weighted by Crippen LogP contribution is 2.27. The van der Waals surface area contributed by atoms with Crippen LogP contribution in [0.1, 0.15) is 24.1 Å². The van der Waals surface area contributed by atoms with Gasteiger partial charge in [0.2, 0.25) is 0 Å². The highest BCUT2D eigenvalue weighted by molar-refractivity contribution is 5.49. The lowest BCUT2D eigenvalue weighted by Gasteiger charge is -2.21. The maximum Gasteiger partial charge on any atom is 0.124 e. The molecule has 0 aromatic heterocycles. The summed E-state index contributed by atoms with van der Waals surface area (Å²) in [5.74, 6) is 0.894. The van der Waals surface area contributed by atoms with Crippen molar-refractivity contribution in [2.45, 2.75) is 19.9 Å². The van der Waals surface area contributed by atoms with Gasteiger partial charge in [0.25, 0.3) is 0 Å². The van der Waals surface area contributed by atoms with Gasteiger partial charge in [-0.2, -0.15) is 0 Å². The van der Waals surface area contributed by atoms with E-state index in [2.05, 4.69) is 42.6 Å². The van der Waals surface area contributed by atoms with Crippen molar-refractivity contribution in [3.63, 3.8) is 0 Å². The molecule has 3 N–H and O–H groups in total. The van der Waals surface area contributed by atoms with Crippen molar-refractivity contribution < 1.29 is 4.74 Å². The third-order valence-electron chi connectivity index (χ3n) is 3.22. The molecule has 0 amide bonds. The van der Waals surface area contributed by atoms with Crippen LogP contribution in [0.5, 0.6) is 5.75 Å². The van der Waals surface area contributed by atoms with Crippen molar-refractivity contribution in [2.24, 2.45) is 5.73 Å². The molecule has 0 saturated carbocycles. The maximum atomic E-state index is 5.93. The lowest BCUT2D eigenvalue weighted by Crippen LogP contribution is -2.21. The minimum Gasteiger partial charge on any atom is -0.494 e. The Hall–Kier alpha value is -2.00. The molecule has 3 nitrogen and oxygen atoms in total. The predicted octanol–water partition coefficient (Wildman–Crippen LogP) is 3.51. The Kier molecular flexibility index (Phi) is 5.02. The first-order valence-electron chi connectivity index (χ1n) is 6.99. The van der Waals surface area contributed by atoms with Crippen LogP contribution in [0.3, 0.4) is 0 Å². The zero-order valence-electron chi connectivity index (χ0n) is 12.1. The van der Waals surface area contributed by atoms with Gasteiger partial charge in [0, 0.05) is 17.8 Å². The lowest BCUT2D eigenvalue weighted by atomic mass is 10.1. The monoisotopic (exact) mass is 270 g/mol. The van der Waals surface area contributed by atoms with E-state index in [-0.39, 0.29) is 6.04 Å². The van der Waals surface area contributed by atoms with Crippen molar-refractivity contribution in [1.29, 1.82) is 0 Å². The fourth-order valence-electron chi connectivity index (χ4n) is 2.17. The number of nitrogens with one attached hydrogen (secondary N) is 1. The molecule has 0 aliphatic carbocycles. The summed E-state index contributed by atoms with van der Waals surface area (Å²) in [6.07, 6.45) is 0. The Balaban J connectivity index is 2.21. The fourth-order valence-corrected chi connectivity index (χ4v) is 2.17. The SMILES string of the molecule is CCOc1ccccc1C(CN)Nc1ccc(C)cc1. The fraction of sp³-hybridized carbons (Fsp3) is 0.294. The molecule has 1 unspecified atom stereocenters. The standard InChI is InChI=1S/C17H22N2O/c1-3-20-17-7-5-4-6-15(17)16(12-18)19-14-10-8-13(2)9-11-14/h4-11,16,19H,3,12,18H2,1-2H3. The average molecular weight is 270 g/mol. The molecule has 0 saturated heterocycles. The van der Waals surface area contributed by atoms with Crippen LogP contribution in [0.15, 0.2) is 48.5 Å². The molecule has 3 heteroatoms. The molecule has 0 heterocycles. The van der Waals surface area contributed by atoms with E-state index in [4.69, 9.17) is 10.5 Å². The summed E-state index contributed by atoms with van der Waals surface area (Å²) in [7, 11) is 0. The Labute approximate surface area is 120 Å². The summed E-state index contributed by atoms with van der Waals surface area (Å²) < 4.78 is 5.68.